The van der Waals surface area contributed by atoms with Crippen LogP contribution in [0.2, 0.25) is 0 Å². The van der Waals surface area contributed by atoms with E-state index in [4.69, 9.17) is 21.7 Å². The van der Waals surface area contributed by atoms with Crippen LogP contribution in [-0.4, -0.2) is 17.2 Å². The Morgan fingerprint density at radius 3 is 2.41 bits per heavy atom. The summed E-state index contributed by atoms with van der Waals surface area (Å²) in [7, 11) is 0. The van der Waals surface area contributed by atoms with E-state index in [0.717, 1.165) is 11.1 Å². The lowest BCUT2D eigenvalue weighted by molar-refractivity contribution is -0.143. The molecular weight excluding hydrogens is 391 g/mol. The SMILES string of the molecule is CC1=C(C(=O)OC(C)C)[C@@H](c2ccc(OCc3ccc(F)cc3)cc2)NC(=S)N1. The minimum absolute atomic E-state index is 0.223. The normalized spacial score (nSPS) is 16.3. The second kappa shape index (κ2) is 9.05. The van der Waals surface area contributed by atoms with E-state index in [2.05, 4.69) is 10.6 Å². The predicted octanol–water partition coefficient (Wildman–Crippen LogP) is 4.15. The molecule has 29 heavy (non-hydrogen) atoms. The lowest BCUT2D eigenvalue weighted by Gasteiger charge is -2.30. The highest BCUT2D eigenvalue weighted by Crippen LogP contribution is 2.29. The maximum absolute atomic E-state index is 13.0. The molecule has 1 atom stereocenters. The summed E-state index contributed by atoms with van der Waals surface area (Å²) in [4.78, 5) is 12.6. The van der Waals surface area contributed by atoms with Crippen molar-refractivity contribution < 1.29 is 18.7 Å². The molecule has 0 amide bonds. The number of thiocarbonyl (C=S) groups is 1. The molecule has 1 aliphatic rings. The fraction of sp³-hybridized carbons (Fsp3) is 0.273. The van der Waals surface area contributed by atoms with Gasteiger partial charge >= 0.3 is 5.97 Å². The third kappa shape index (κ3) is 5.32. The molecule has 3 rings (SSSR count). The Balaban J connectivity index is 1.75. The number of halogens is 1. The van der Waals surface area contributed by atoms with Crippen LogP contribution in [0.1, 0.15) is 37.9 Å². The minimum Gasteiger partial charge on any atom is -0.489 e. The van der Waals surface area contributed by atoms with E-state index >= 15 is 0 Å². The summed E-state index contributed by atoms with van der Waals surface area (Å²) in [6.45, 7) is 5.76. The molecule has 0 fully saturated rings. The summed E-state index contributed by atoms with van der Waals surface area (Å²) in [6.07, 6.45) is -0.223. The van der Waals surface area contributed by atoms with E-state index < -0.39 is 6.04 Å². The Morgan fingerprint density at radius 2 is 1.79 bits per heavy atom. The van der Waals surface area contributed by atoms with Gasteiger partial charge in [0.2, 0.25) is 0 Å². The first kappa shape index (κ1) is 20.8. The van der Waals surface area contributed by atoms with Crippen LogP contribution in [0, 0.1) is 5.82 Å². The zero-order valence-corrected chi connectivity index (χ0v) is 17.3. The zero-order valence-electron chi connectivity index (χ0n) is 16.5. The van der Waals surface area contributed by atoms with Crippen LogP contribution in [0.3, 0.4) is 0 Å². The Hall–Kier alpha value is -2.93. The molecule has 1 heterocycles. The maximum atomic E-state index is 13.0. The van der Waals surface area contributed by atoms with Crippen LogP contribution in [-0.2, 0) is 16.1 Å². The number of carbonyl (C=O) groups excluding carboxylic acids is 1. The second-order valence-corrected chi connectivity index (χ2v) is 7.42. The van der Waals surface area contributed by atoms with Crippen molar-refractivity contribution in [3.05, 3.63) is 76.7 Å². The average molecular weight is 415 g/mol. The smallest absolute Gasteiger partial charge is 0.338 e. The number of allylic oxidation sites excluding steroid dienone is 1. The number of benzene rings is 2. The lowest BCUT2D eigenvalue weighted by atomic mass is 9.95. The number of ether oxygens (including phenoxy) is 2. The van der Waals surface area contributed by atoms with Gasteiger partial charge in [-0.2, -0.15) is 0 Å². The Labute approximate surface area is 174 Å². The van der Waals surface area contributed by atoms with E-state index in [1.165, 1.54) is 12.1 Å². The summed E-state index contributed by atoms with van der Waals surface area (Å²) >= 11 is 5.26. The van der Waals surface area contributed by atoms with Crippen LogP contribution in [0.4, 0.5) is 4.39 Å². The molecule has 0 saturated heterocycles. The van der Waals surface area contributed by atoms with E-state index in [0.29, 0.717) is 28.7 Å². The number of hydrogen-bond donors (Lipinski definition) is 2. The molecule has 5 nitrogen and oxygen atoms in total. The lowest BCUT2D eigenvalue weighted by Crippen LogP contribution is -2.45. The number of hydrogen-bond acceptors (Lipinski definition) is 4. The van der Waals surface area contributed by atoms with Gasteiger partial charge in [-0.05, 0) is 68.4 Å². The summed E-state index contributed by atoms with van der Waals surface area (Å²) in [5.74, 6) is 0.00358. The van der Waals surface area contributed by atoms with Crippen LogP contribution >= 0.6 is 12.2 Å². The zero-order chi connectivity index (χ0) is 21.0. The second-order valence-electron chi connectivity index (χ2n) is 7.01. The third-order valence-electron chi connectivity index (χ3n) is 4.36. The van der Waals surface area contributed by atoms with E-state index in [1.54, 1.807) is 19.1 Å². The number of carbonyl (C=O) groups is 1. The quantitative estimate of drug-likeness (QED) is 0.547. The van der Waals surface area contributed by atoms with Gasteiger partial charge in [-0.1, -0.05) is 24.3 Å². The minimum atomic E-state index is -0.416. The molecular formula is C22H23FN2O3S. The molecule has 2 aromatic carbocycles. The van der Waals surface area contributed by atoms with E-state index in [9.17, 15) is 9.18 Å². The standard InChI is InChI=1S/C22H23FN2O3S/c1-13(2)28-21(26)19-14(3)24-22(29)25-20(19)16-6-10-18(11-7-16)27-12-15-4-8-17(23)9-5-15/h4-11,13,20H,12H2,1-3H3,(H2,24,25,29)/t20-/m1/s1. The molecule has 0 saturated carbocycles. The molecule has 0 aliphatic carbocycles. The molecule has 0 aromatic heterocycles. The van der Waals surface area contributed by atoms with Crippen molar-refractivity contribution >= 4 is 23.3 Å². The predicted molar refractivity (Wildman–Crippen MR) is 113 cm³/mol. The summed E-state index contributed by atoms with van der Waals surface area (Å²) < 4.78 is 24.1. The fourth-order valence-electron chi connectivity index (χ4n) is 3.00. The molecule has 2 aromatic rings. The molecule has 0 unspecified atom stereocenters. The first-order valence-corrected chi connectivity index (χ1v) is 9.71. The van der Waals surface area contributed by atoms with Gasteiger partial charge in [0.15, 0.2) is 5.11 Å². The van der Waals surface area contributed by atoms with Gasteiger partial charge in [0, 0.05) is 5.70 Å². The third-order valence-corrected chi connectivity index (χ3v) is 4.58. The van der Waals surface area contributed by atoms with Crippen molar-refractivity contribution in [2.24, 2.45) is 0 Å². The first-order chi connectivity index (χ1) is 13.8. The summed E-state index contributed by atoms with van der Waals surface area (Å²) in [6, 6.07) is 13.2. The largest absolute Gasteiger partial charge is 0.489 e. The van der Waals surface area contributed by atoms with Crippen molar-refractivity contribution in [2.75, 3.05) is 0 Å². The van der Waals surface area contributed by atoms with Crippen LogP contribution in [0.5, 0.6) is 5.75 Å². The molecule has 0 radical (unpaired) electrons. The molecule has 2 N–H and O–H groups in total. The average Bonchev–Trinajstić information content (AvgIpc) is 2.66. The summed E-state index contributed by atoms with van der Waals surface area (Å²) in [5.41, 5.74) is 2.89. The van der Waals surface area contributed by atoms with Gasteiger partial charge in [0.05, 0.1) is 17.7 Å². The molecule has 152 valence electrons. The van der Waals surface area contributed by atoms with Crippen LogP contribution in [0.25, 0.3) is 0 Å². The molecule has 0 bridgehead atoms. The molecule has 7 heteroatoms. The highest BCUT2D eigenvalue weighted by molar-refractivity contribution is 7.80. The van der Waals surface area contributed by atoms with Gasteiger partial charge in [-0.15, -0.1) is 0 Å². The van der Waals surface area contributed by atoms with Crippen LogP contribution < -0.4 is 15.4 Å². The van der Waals surface area contributed by atoms with Gasteiger partial charge in [-0.3, -0.25) is 0 Å². The highest BCUT2D eigenvalue weighted by atomic mass is 32.1. The topological polar surface area (TPSA) is 59.6 Å². The number of esters is 1. The fourth-order valence-corrected chi connectivity index (χ4v) is 3.27. The van der Waals surface area contributed by atoms with Gasteiger partial charge in [-0.25, -0.2) is 9.18 Å². The Bertz CT molecular complexity index is 924. The maximum Gasteiger partial charge on any atom is 0.338 e. The van der Waals surface area contributed by atoms with Crippen molar-refractivity contribution in [2.45, 2.75) is 39.5 Å². The van der Waals surface area contributed by atoms with Crippen molar-refractivity contribution in [1.29, 1.82) is 0 Å². The Kier molecular flexibility index (Phi) is 6.49. The van der Waals surface area contributed by atoms with Gasteiger partial charge < -0.3 is 20.1 Å². The van der Waals surface area contributed by atoms with Crippen molar-refractivity contribution in [3.8, 4) is 5.75 Å². The summed E-state index contributed by atoms with van der Waals surface area (Å²) in [5, 5.41) is 6.57. The van der Waals surface area contributed by atoms with Crippen molar-refractivity contribution in [3.63, 3.8) is 0 Å². The van der Waals surface area contributed by atoms with E-state index in [-0.39, 0.29) is 17.9 Å². The highest BCUT2D eigenvalue weighted by Gasteiger charge is 2.31. The molecule has 0 spiro atoms. The van der Waals surface area contributed by atoms with E-state index in [1.807, 2.05) is 38.1 Å². The Morgan fingerprint density at radius 1 is 1.14 bits per heavy atom. The van der Waals surface area contributed by atoms with Gasteiger partial charge in [0.25, 0.3) is 0 Å². The number of rotatable bonds is 6. The van der Waals surface area contributed by atoms with Crippen molar-refractivity contribution in [1.82, 2.24) is 10.6 Å². The number of nitrogens with one attached hydrogen (secondary N) is 2. The first-order valence-electron chi connectivity index (χ1n) is 9.30. The van der Waals surface area contributed by atoms with Crippen LogP contribution in [0.15, 0.2) is 59.8 Å². The monoisotopic (exact) mass is 414 g/mol. The molecule has 1 aliphatic heterocycles. The van der Waals surface area contributed by atoms with Gasteiger partial charge in [0.1, 0.15) is 18.2 Å².